The van der Waals surface area contributed by atoms with E-state index in [4.69, 9.17) is 39.5 Å². The lowest BCUT2D eigenvalue weighted by Gasteiger charge is -2.08. The standard InChI is InChI=1S/C16H10Cl3NO2/c17-10-3-1-9(2-4-10)15-8-14(16(21)22-15)20-13-7-11(18)5-6-12(13)19/h1-8,15,20H. The Morgan fingerprint density at radius 1 is 0.955 bits per heavy atom. The van der Waals surface area contributed by atoms with Crippen LogP contribution < -0.4 is 5.32 Å². The van der Waals surface area contributed by atoms with Gasteiger partial charge in [-0.2, -0.15) is 0 Å². The summed E-state index contributed by atoms with van der Waals surface area (Å²) >= 11 is 17.9. The van der Waals surface area contributed by atoms with E-state index >= 15 is 0 Å². The molecule has 0 aromatic heterocycles. The minimum Gasteiger partial charge on any atom is -0.448 e. The smallest absolute Gasteiger partial charge is 0.355 e. The van der Waals surface area contributed by atoms with E-state index < -0.39 is 12.1 Å². The van der Waals surface area contributed by atoms with Crippen LogP contribution >= 0.6 is 34.8 Å². The summed E-state index contributed by atoms with van der Waals surface area (Å²) < 4.78 is 5.33. The predicted octanol–water partition coefficient (Wildman–Crippen LogP) is 5.24. The lowest BCUT2D eigenvalue weighted by Crippen LogP contribution is -2.09. The molecule has 2 aromatic rings. The van der Waals surface area contributed by atoms with Gasteiger partial charge in [0.1, 0.15) is 11.8 Å². The third-order valence-electron chi connectivity index (χ3n) is 3.17. The zero-order valence-corrected chi connectivity index (χ0v) is 13.4. The quantitative estimate of drug-likeness (QED) is 0.766. The number of esters is 1. The number of hydrogen-bond acceptors (Lipinski definition) is 3. The number of hydrogen-bond donors (Lipinski definition) is 1. The molecular weight excluding hydrogens is 345 g/mol. The SMILES string of the molecule is O=C1OC(c2ccc(Cl)cc2)C=C1Nc1cc(Cl)ccc1Cl. The molecule has 0 amide bonds. The van der Waals surface area contributed by atoms with E-state index in [1.165, 1.54) is 0 Å². The first kappa shape index (κ1) is 15.2. The lowest BCUT2D eigenvalue weighted by atomic mass is 10.1. The average Bonchev–Trinajstić information content (AvgIpc) is 2.85. The maximum Gasteiger partial charge on any atom is 0.355 e. The Balaban J connectivity index is 1.84. The predicted molar refractivity (Wildman–Crippen MR) is 88.5 cm³/mol. The summed E-state index contributed by atoms with van der Waals surface area (Å²) in [5, 5.41) is 4.57. The molecule has 112 valence electrons. The number of carbonyl (C=O) groups excluding carboxylic acids is 1. The van der Waals surface area contributed by atoms with Crippen molar-refractivity contribution in [3.8, 4) is 0 Å². The van der Waals surface area contributed by atoms with Gasteiger partial charge in [-0.25, -0.2) is 4.79 Å². The highest BCUT2D eigenvalue weighted by Crippen LogP contribution is 2.32. The van der Waals surface area contributed by atoms with Gasteiger partial charge in [0.2, 0.25) is 0 Å². The van der Waals surface area contributed by atoms with Crippen LogP contribution in [0.5, 0.6) is 0 Å². The second-order valence-corrected chi connectivity index (χ2v) is 5.99. The number of carbonyl (C=O) groups is 1. The van der Waals surface area contributed by atoms with Crippen molar-refractivity contribution >= 4 is 46.5 Å². The highest BCUT2D eigenvalue weighted by Gasteiger charge is 2.27. The van der Waals surface area contributed by atoms with Crippen LogP contribution in [0.25, 0.3) is 0 Å². The molecular formula is C16H10Cl3NO2. The number of cyclic esters (lactones) is 1. The molecule has 1 heterocycles. The van der Waals surface area contributed by atoms with E-state index in [2.05, 4.69) is 5.32 Å². The number of halogens is 3. The minimum atomic E-state index is -0.453. The maximum absolute atomic E-state index is 12.0. The fourth-order valence-electron chi connectivity index (χ4n) is 2.08. The van der Waals surface area contributed by atoms with Crippen molar-refractivity contribution < 1.29 is 9.53 Å². The van der Waals surface area contributed by atoms with Crippen LogP contribution in [0.4, 0.5) is 5.69 Å². The Morgan fingerprint density at radius 2 is 1.64 bits per heavy atom. The number of ether oxygens (including phenoxy) is 1. The summed E-state index contributed by atoms with van der Waals surface area (Å²) in [4.78, 5) is 12.0. The van der Waals surface area contributed by atoms with Crippen LogP contribution in [0.3, 0.4) is 0 Å². The van der Waals surface area contributed by atoms with E-state index in [1.807, 2.05) is 12.1 Å². The zero-order valence-electron chi connectivity index (χ0n) is 11.1. The number of nitrogens with one attached hydrogen (secondary N) is 1. The molecule has 0 fully saturated rings. The van der Waals surface area contributed by atoms with Gasteiger partial charge in [0.05, 0.1) is 10.7 Å². The van der Waals surface area contributed by atoms with Crippen molar-refractivity contribution in [3.63, 3.8) is 0 Å². The first-order valence-corrected chi connectivity index (χ1v) is 7.56. The van der Waals surface area contributed by atoms with Crippen LogP contribution in [0.1, 0.15) is 11.7 Å². The van der Waals surface area contributed by atoms with E-state index in [9.17, 15) is 4.79 Å². The molecule has 0 saturated heterocycles. The number of rotatable bonds is 3. The molecule has 0 bridgehead atoms. The summed E-state index contributed by atoms with van der Waals surface area (Å²) in [5.74, 6) is -0.448. The van der Waals surface area contributed by atoms with Crippen LogP contribution in [0, 0.1) is 0 Å². The van der Waals surface area contributed by atoms with Gasteiger partial charge in [0.15, 0.2) is 0 Å². The van der Waals surface area contributed by atoms with Gasteiger partial charge in [-0.1, -0.05) is 46.9 Å². The fraction of sp³-hybridized carbons (Fsp3) is 0.0625. The maximum atomic E-state index is 12.0. The van der Waals surface area contributed by atoms with Crippen LogP contribution in [-0.2, 0) is 9.53 Å². The third kappa shape index (κ3) is 3.22. The van der Waals surface area contributed by atoms with Crippen molar-refractivity contribution in [1.82, 2.24) is 0 Å². The van der Waals surface area contributed by atoms with Crippen LogP contribution in [0.2, 0.25) is 15.1 Å². The monoisotopic (exact) mass is 353 g/mol. The molecule has 3 rings (SSSR count). The van der Waals surface area contributed by atoms with E-state index in [0.29, 0.717) is 26.5 Å². The minimum absolute atomic E-state index is 0.323. The van der Waals surface area contributed by atoms with Gasteiger partial charge in [-0.15, -0.1) is 0 Å². The van der Waals surface area contributed by atoms with Crippen molar-refractivity contribution in [2.24, 2.45) is 0 Å². The number of anilines is 1. The topological polar surface area (TPSA) is 38.3 Å². The molecule has 1 N–H and O–H groups in total. The molecule has 1 unspecified atom stereocenters. The molecule has 1 aliphatic heterocycles. The van der Waals surface area contributed by atoms with Crippen LogP contribution in [0.15, 0.2) is 54.2 Å². The van der Waals surface area contributed by atoms with E-state index in [-0.39, 0.29) is 0 Å². The number of benzene rings is 2. The average molecular weight is 355 g/mol. The molecule has 22 heavy (non-hydrogen) atoms. The Kier molecular flexibility index (Phi) is 4.30. The third-order valence-corrected chi connectivity index (χ3v) is 3.98. The molecule has 3 nitrogen and oxygen atoms in total. The Hall–Kier alpha value is -1.68. The molecule has 1 atom stereocenters. The Labute approximate surface area is 142 Å². The lowest BCUT2D eigenvalue weighted by molar-refractivity contribution is -0.139. The largest absolute Gasteiger partial charge is 0.448 e. The Morgan fingerprint density at radius 3 is 2.36 bits per heavy atom. The van der Waals surface area contributed by atoms with E-state index in [1.54, 1.807) is 36.4 Å². The fourth-order valence-corrected chi connectivity index (χ4v) is 2.54. The molecule has 1 aliphatic rings. The van der Waals surface area contributed by atoms with Gasteiger partial charge in [0, 0.05) is 10.0 Å². The summed E-state index contributed by atoms with van der Waals surface area (Å²) in [6, 6.07) is 12.1. The summed E-state index contributed by atoms with van der Waals surface area (Å²) in [5.41, 5.74) is 1.71. The first-order valence-electron chi connectivity index (χ1n) is 6.43. The second kappa shape index (κ2) is 6.21. The van der Waals surface area contributed by atoms with Gasteiger partial charge < -0.3 is 10.1 Å². The molecule has 6 heteroatoms. The van der Waals surface area contributed by atoms with Gasteiger partial charge in [-0.05, 0) is 42.0 Å². The summed E-state index contributed by atoms with van der Waals surface area (Å²) in [6.07, 6.45) is 1.24. The Bertz CT molecular complexity index is 756. The van der Waals surface area contributed by atoms with E-state index in [0.717, 1.165) is 5.56 Å². The zero-order chi connectivity index (χ0) is 15.7. The molecule has 0 spiro atoms. The van der Waals surface area contributed by atoms with Gasteiger partial charge in [-0.3, -0.25) is 0 Å². The molecule has 0 radical (unpaired) electrons. The van der Waals surface area contributed by atoms with Crippen molar-refractivity contribution in [3.05, 3.63) is 74.9 Å². The summed E-state index contributed by atoms with van der Waals surface area (Å²) in [6.45, 7) is 0. The highest BCUT2D eigenvalue weighted by molar-refractivity contribution is 6.35. The summed E-state index contributed by atoms with van der Waals surface area (Å²) in [7, 11) is 0. The molecule has 2 aromatic carbocycles. The van der Waals surface area contributed by atoms with Gasteiger partial charge >= 0.3 is 5.97 Å². The van der Waals surface area contributed by atoms with Crippen molar-refractivity contribution in [2.45, 2.75) is 6.10 Å². The van der Waals surface area contributed by atoms with Crippen LogP contribution in [-0.4, -0.2) is 5.97 Å². The molecule has 0 saturated carbocycles. The second-order valence-electron chi connectivity index (χ2n) is 4.71. The normalized spacial score (nSPS) is 17.1. The van der Waals surface area contributed by atoms with Crippen molar-refractivity contribution in [2.75, 3.05) is 5.32 Å². The van der Waals surface area contributed by atoms with Crippen molar-refractivity contribution in [1.29, 1.82) is 0 Å². The van der Waals surface area contributed by atoms with Gasteiger partial charge in [0.25, 0.3) is 0 Å². The first-order chi connectivity index (χ1) is 10.5. The highest BCUT2D eigenvalue weighted by atomic mass is 35.5. The molecule has 0 aliphatic carbocycles.